The number of nitrogens with zero attached hydrogens (tertiary/aromatic N) is 2. The molecule has 174 valence electrons. The predicted octanol–water partition coefficient (Wildman–Crippen LogP) is 4.36. The molecule has 0 radical (unpaired) electrons. The Morgan fingerprint density at radius 1 is 0.939 bits per heavy atom. The molecular formula is C25H29N3O3S2. The first-order valence-electron chi connectivity index (χ1n) is 11.0. The average Bonchev–Trinajstić information content (AvgIpc) is 3.25. The van der Waals surface area contributed by atoms with Crippen LogP contribution in [0.5, 0.6) is 0 Å². The van der Waals surface area contributed by atoms with Gasteiger partial charge in [-0.3, -0.25) is 9.69 Å². The van der Waals surface area contributed by atoms with E-state index in [0.29, 0.717) is 30.4 Å². The highest BCUT2D eigenvalue weighted by molar-refractivity contribution is 7.91. The molecule has 1 N–H and O–H groups in total. The normalized spacial score (nSPS) is 16.5. The predicted molar refractivity (Wildman–Crippen MR) is 133 cm³/mol. The van der Waals surface area contributed by atoms with E-state index < -0.39 is 16.1 Å². The maximum atomic E-state index is 13.5. The van der Waals surface area contributed by atoms with Gasteiger partial charge >= 0.3 is 0 Å². The Kier molecular flexibility index (Phi) is 6.99. The minimum absolute atomic E-state index is 0.111. The maximum Gasteiger partial charge on any atom is 0.252 e. The number of rotatable bonds is 6. The van der Waals surface area contributed by atoms with E-state index in [0.717, 1.165) is 27.3 Å². The standard InChI is InChI=1S/C25H29N3O3S2/c1-18-9-10-19(2)22(17-18)26-25(29)24(21-7-5-4-6-8-21)27-13-15-28(16-14-27)33(30,31)23-12-11-20(3)32-23/h4-12,17,24H,13-16H2,1-3H3,(H,26,29)/t24-/m1/s1. The van der Waals surface area contributed by atoms with Crippen LogP contribution in [-0.2, 0) is 14.8 Å². The number of hydrogen-bond acceptors (Lipinski definition) is 5. The number of nitrogens with one attached hydrogen (secondary N) is 1. The number of hydrogen-bond donors (Lipinski definition) is 1. The molecule has 0 unspecified atom stereocenters. The molecule has 0 bridgehead atoms. The number of benzene rings is 2. The van der Waals surface area contributed by atoms with E-state index in [-0.39, 0.29) is 5.91 Å². The van der Waals surface area contributed by atoms with Gasteiger partial charge in [-0.25, -0.2) is 8.42 Å². The number of thiophene rings is 1. The SMILES string of the molecule is Cc1ccc(C)c(NC(=O)[C@@H](c2ccccc2)N2CCN(S(=O)(=O)c3ccc(C)s3)CC2)c1. The summed E-state index contributed by atoms with van der Waals surface area (Å²) in [5.41, 5.74) is 3.78. The van der Waals surface area contributed by atoms with Crippen LogP contribution in [0.4, 0.5) is 5.69 Å². The lowest BCUT2D eigenvalue weighted by molar-refractivity contribution is -0.122. The summed E-state index contributed by atoms with van der Waals surface area (Å²) in [7, 11) is -3.51. The molecule has 1 amide bonds. The second-order valence-electron chi connectivity index (χ2n) is 8.43. The highest BCUT2D eigenvalue weighted by atomic mass is 32.2. The van der Waals surface area contributed by atoms with Gasteiger partial charge in [-0.1, -0.05) is 42.5 Å². The number of carbonyl (C=O) groups excluding carboxylic acids is 1. The summed E-state index contributed by atoms with van der Waals surface area (Å²) in [6.07, 6.45) is 0. The van der Waals surface area contributed by atoms with E-state index in [1.165, 1.54) is 15.6 Å². The molecule has 1 aliphatic heterocycles. The summed E-state index contributed by atoms with van der Waals surface area (Å²) in [4.78, 5) is 16.5. The van der Waals surface area contributed by atoms with Crippen molar-refractivity contribution in [2.45, 2.75) is 31.0 Å². The average molecular weight is 484 g/mol. The molecule has 1 atom stereocenters. The Morgan fingerprint density at radius 2 is 1.64 bits per heavy atom. The molecule has 1 aromatic heterocycles. The highest BCUT2D eigenvalue weighted by Gasteiger charge is 2.35. The number of anilines is 1. The van der Waals surface area contributed by atoms with Crippen molar-refractivity contribution < 1.29 is 13.2 Å². The van der Waals surface area contributed by atoms with Gasteiger partial charge in [0, 0.05) is 36.7 Å². The van der Waals surface area contributed by atoms with E-state index in [1.54, 1.807) is 6.07 Å². The van der Waals surface area contributed by atoms with Crippen molar-refractivity contribution in [3.05, 3.63) is 82.2 Å². The molecule has 2 heterocycles. The lowest BCUT2D eigenvalue weighted by Crippen LogP contribution is -2.51. The van der Waals surface area contributed by atoms with Gasteiger partial charge in [0.15, 0.2) is 0 Å². The molecule has 1 fully saturated rings. The molecular weight excluding hydrogens is 454 g/mol. The largest absolute Gasteiger partial charge is 0.324 e. The van der Waals surface area contributed by atoms with Gasteiger partial charge in [0.25, 0.3) is 10.0 Å². The van der Waals surface area contributed by atoms with Gasteiger partial charge in [0.1, 0.15) is 10.3 Å². The van der Waals surface area contributed by atoms with E-state index in [4.69, 9.17) is 0 Å². The molecule has 6 nitrogen and oxygen atoms in total. The molecule has 2 aromatic carbocycles. The Morgan fingerprint density at radius 3 is 2.27 bits per heavy atom. The van der Waals surface area contributed by atoms with Crippen molar-refractivity contribution in [2.75, 3.05) is 31.5 Å². The third-order valence-electron chi connectivity index (χ3n) is 5.96. The number of carbonyl (C=O) groups is 1. The fraction of sp³-hybridized carbons (Fsp3) is 0.320. The van der Waals surface area contributed by atoms with Gasteiger partial charge in [-0.05, 0) is 55.7 Å². The van der Waals surface area contributed by atoms with Gasteiger partial charge in [-0.2, -0.15) is 4.31 Å². The first-order valence-corrected chi connectivity index (χ1v) is 13.2. The Balaban J connectivity index is 1.54. The van der Waals surface area contributed by atoms with Crippen LogP contribution in [0.3, 0.4) is 0 Å². The van der Waals surface area contributed by atoms with Crippen molar-refractivity contribution in [3.8, 4) is 0 Å². The maximum absolute atomic E-state index is 13.5. The molecule has 0 aliphatic carbocycles. The van der Waals surface area contributed by atoms with Gasteiger partial charge in [-0.15, -0.1) is 11.3 Å². The van der Waals surface area contributed by atoms with Crippen LogP contribution in [0.2, 0.25) is 0 Å². The van der Waals surface area contributed by atoms with Crippen molar-refractivity contribution in [3.63, 3.8) is 0 Å². The van der Waals surface area contributed by atoms with Crippen LogP contribution < -0.4 is 5.32 Å². The van der Waals surface area contributed by atoms with Crippen LogP contribution >= 0.6 is 11.3 Å². The number of aryl methyl sites for hydroxylation is 3. The zero-order valence-corrected chi connectivity index (χ0v) is 20.7. The summed E-state index contributed by atoms with van der Waals surface area (Å²) in [6.45, 7) is 7.52. The van der Waals surface area contributed by atoms with E-state index in [1.807, 2.05) is 75.4 Å². The van der Waals surface area contributed by atoms with Gasteiger partial charge < -0.3 is 5.32 Å². The second kappa shape index (κ2) is 9.77. The summed E-state index contributed by atoms with van der Waals surface area (Å²) in [5.74, 6) is -0.111. The topological polar surface area (TPSA) is 69.7 Å². The van der Waals surface area contributed by atoms with Gasteiger partial charge in [0.2, 0.25) is 5.91 Å². The first kappa shape index (κ1) is 23.6. The molecule has 8 heteroatoms. The lowest BCUT2D eigenvalue weighted by Gasteiger charge is -2.38. The van der Waals surface area contributed by atoms with Crippen molar-refractivity contribution in [2.24, 2.45) is 0 Å². The van der Waals surface area contributed by atoms with E-state index in [9.17, 15) is 13.2 Å². The fourth-order valence-corrected chi connectivity index (χ4v) is 6.97. The molecule has 1 aliphatic rings. The third kappa shape index (κ3) is 5.19. The van der Waals surface area contributed by atoms with Crippen LogP contribution in [0.15, 0.2) is 64.9 Å². The minimum Gasteiger partial charge on any atom is -0.324 e. The number of amides is 1. The summed E-state index contributed by atoms with van der Waals surface area (Å²) < 4.78 is 28.0. The smallest absolute Gasteiger partial charge is 0.252 e. The Labute approximate surface area is 199 Å². The molecule has 0 saturated carbocycles. The molecule has 3 aromatic rings. The zero-order chi connectivity index (χ0) is 23.6. The van der Waals surface area contributed by atoms with Crippen molar-refractivity contribution in [1.29, 1.82) is 0 Å². The Hall–Kier alpha value is -2.52. The number of piperazine rings is 1. The molecule has 33 heavy (non-hydrogen) atoms. The Bertz CT molecular complexity index is 1230. The van der Waals surface area contributed by atoms with Crippen LogP contribution in [0.25, 0.3) is 0 Å². The van der Waals surface area contributed by atoms with E-state index >= 15 is 0 Å². The van der Waals surface area contributed by atoms with Crippen molar-refractivity contribution >= 4 is 33.0 Å². The monoisotopic (exact) mass is 483 g/mol. The van der Waals surface area contributed by atoms with Crippen LogP contribution in [0.1, 0.15) is 27.6 Å². The van der Waals surface area contributed by atoms with Crippen LogP contribution in [0, 0.1) is 20.8 Å². The van der Waals surface area contributed by atoms with Crippen LogP contribution in [-0.4, -0.2) is 49.7 Å². The number of sulfonamides is 1. The highest BCUT2D eigenvalue weighted by Crippen LogP contribution is 2.29. The quantitative estimate of drug-likeness (QED) is 0.566. The summed E-state index contributed by atoms with van der Waals surface area (Å²) >= 11 is 1.29. The third-order valence-corrected chi connectivity index (χ3v) is 9.33. The second-order valence-corrected chi connectivity index (χ2v) is 11.9. The minimum atomic E-state index is -3.51. The summed E-state index contributed by atoms with van der Waals surface area (Å²) in [5, 5.41) is 3.11. The lowest BCUT2D eigenvalue weighted by atomic mass is 10.0. The first-order chi connectivity index (χ1) is 15.8. The molecule has 1 saturated heterocycles. The molecule has 0 spiro atoms. The summed E-state index contributed by atoms with van der Waals surface area (Å²) in [6, 6.07) is 18.7. The molecule has 4 rings (SSSR count). The van der Waals surface area contributed by atoms with Gasteiger partial charge in [0.05, 0.1) is 0 Å². The fourth-order valence-electron chi connectivity index (χ4n) is 4.12. The van der Waals surface area contributed by atoms with E-state index in [2.05, 4.69) is 10.2 Å². The zero-order valence-electron chi connectivity index (χ0n) is 19.1. The van der Waals surface area contributed by atoms with Crippen molar-refractivity contribution in [1.82, 2.24) is 9.21 Å².